The zero-order valence-electron chi connectivity index (χ0n) is 7.66. The van der Waals surface area contributed by atoms with Gasteiger partial charge in [-0.25, -0.2) is 0 Å². The average molecular weight is 205 g/mol. The molecule has 2 N–H and O–H groups in total. The summed E-state index contributed by atoms with van der Waals surface area (Å²) < 4.78 is 4.83. The third-order valence-electron chi connectivity index (χ3n) is 2.00. The normalized spacial score (nSPS) is 24.5. The highest BCUT2D eigenvalue weighted by atomic mass is 32.2. The molecule has 0 spiro atoms. The Morgan fingerprint density at radius 3 is 3.08 bits per heavy atom. The van der Waals surface area contributed by atoms with Crippen molar-refractivity contribution in [1.82, 2.24) is 5.32 Å². The van der Waals surface area contributed by atoms with E-state index in [2.05, 4.69) is 5.32 Å². The zero-order valence-corrected chi connectivity index (χ0v) is 8.47. The predicted octanol–water partition coefficient (Wildman–Crippen LogP) is 0.181. The van der Waals surface area contributed by atoms with Gasteiger partial charge in [0.2, 0.25) is 0 Å². The maximum absolute atomic E-state index is 10.7. The number of carbonyl (C=O) groups is 1. The van der Waals surface area contributed by atoms with Crippen molar-refractivity contribution in [3.05, 3.63) is 0 Å². The third-order valence-corrected chi connectivity index (χ3v) is 3.16. The van der Waals surface area contributed by atoms with Crippen LogP contribution in [0.25, 0.3) is 0 Å². The van der Waals surface area contributed by atoms with Crippen LogP contribution in [0.15, 0.2) is 0 Å². The second-order valence-electron chi connectivity index (χ2n) is 3.07. The summed E-state index contributed by atoms with van der Waals surface area (Å²) in [7, 11) is 1.51. The molecule has 5 heteroatoms. The van der Waals surface area contributed by atoms with E-state index < -0.39 is 12.0 Å². The molecule has 0 bridgehead atoms. The highest BCUT2D eigenvalue weighted by Gasteiger charge is 2.23. The minimum atomic E-state index is -0.834. The molecular formula is C8H15NO3S. The molecule has 0 aromatic carbocycles. The van der Waals surface area contributed by atoms with Gasteiger partial charge in [0.15, 0.2) is 0 Å². The Morgan fingerprint density at radius 1 is 1.85 bits per heavy atom. The van der Waals surface area contributed by atoms with Crippen LogP contribution in [0.1, 0.15) is 6.42 Å². The summed E-state index contributed by atoms with van der Waals surface area (Å²) >= 11 is 1.86. The summed E-state index contributed by atoms with van der Waals surface area (Å²) in [5, 5.41) is 11.9. The molecule has 13 heavy (non-hydrogen) atoms. The van der Waals surface area contributed by atoms with E-state index in [9.17, 15) is 4.79 Å². The number of carboxylic acids is 1. The molecule has 2 atom stereocenters. The van der Waals surface area contributed by atoms with Gasteiger partial charge in [-0.1, -0.05) is 0 Å². The molecule has 1 aliphatic heterocycles. The van der Waals surface area contributed by atoms with Crippen LogP contribution < -0.4 is 5.32 Å². The van der Waals surface area contributed by atoms with Crippen LogP contribution in [-0.2, 0) is 9.53 Å². The number of rotatable bonds is 5. The molecule has 2 unspecified atom stereocenters. The smallest absolute Gasteiger partial charge is 0.323 e. The van der Waals surface area contributed by atoms with Gasteiger partial charge >= 0.3 is 5.97 Å². The van der Waals surface area contributed by atoms with Crippen LogP contribution in [0.3, 0.4) is 0 Å². The maximum atomic E-state index is 10.7. The first-order chi connectivity index (χ1) is 6.24. The Balaban J connectivity index is 2.32. The van der Waals surface area contributed by atoms with Crippen LogP contribution in [0.2, 0.25) is 0 Å². The fourth-order valence-corrected chi connectivity index (χ4v) is 2.47. The lowest BCUT2D eigenvalue weighted by molar-refractivity contribution is -0.141. The van der Waals surface area contributed by atoms with Crippen LogP contribution in [-0.4, -0.2) is 48.4 Å². The Bertz CT molecular complexity index is 171. The van der Waals surface area contributed by atoms with E-state index in [1.807, 2.05) is 11.8 Å². The molecule has 1 saturated heterocycles. The summed E-state index contributed by atoms with van der Waals surface area (Å²) in [6.45, 7) is 0.233. The first-order valence-corrected chi connectivity index (χ1v) is 5.45. The maximum Gasteiger partial charge on any atom is 0.323 e. The number of methoxy groups -OCH3 is 1. The van der Waals surface area contributed by atoms with Gasteiger partial charge < -0.3 is 9.84 Å². The van der Waals surface area contributed by atoms with E-state index in [4.69, 9.17) is 9.84 Å². The zero-order chi connectivity index (χ0) is 9.68. The summed E-state index contributed by atoms with van der Waals surface area (Å²) in [5.74, 6) is 1.29. The van der Waals surface area contributed by atoms with Crippen LogP contribution in [0.4, 0.5) is 0 Å². The van der Waals surface area contributed by atoms with Crippen LogP contribution in [0.5, 0.6) is 0 Å². The van der Waals surface area contributed by atoms with E-state index in [-0.39, 0.29) is 6.61 Å². The second kappa shape index (κ2) is 5.47. The van der Waals surface area contributed by atoms with Gasteiger partial charge in [-0.2, -0.15) is 11.8 Å². The number of thioether (sulfide) groups is 1. The Labute approximate surface area is 82.0 Å². The number of hydrogen-bond acceptors (Lipinski definition) is 4. The Hall–Kier alpha value is -0.260. The lowest BCUT2D eigenvalue weighted by Crippen LogP contribution is -2.46. The van der Waals surface area contributed by atoms with Crippen molar-refractivity contribution in [3.63, 3.8) is 0 Å². The Kier molecular flexibility index (Phi) is 4.55. The summed E-state index contributed by atoms with van der Waals surface area (Å²) in [6, 6.07) is -0.227. The summed E-state index contributed by atoms with van der Waals surface area (Å²) in [6.07, 6.45) is 1.05. The molecule has 0 radical (unpaired) electrons. The molecule has 0 amide bonds. The molecule has 1 heterocycles. The van der Waals surface area contributed by atoms with Crippen molar-refractivity contribution in [3.8, 4) is 0 Å². The highest BCUT2D eigenvalue weighted by Crippen LogP contribution is 2.17. The number of aliphatic carboxylic acids is 1. The minimum Gasteiger partial charge on any atom is -0.480 e. The number of ether oxygens (including phenoxy) is 1. The van der Waals surface area contributed by atoms with Crippen molar-refractivity contribution in [1.29, 1.82) is 0 Å². The first kappa shape index (κ1) is 10.8. The monoisotopic (exact) mass is 205 g/mol. The van der Waals surface area contributed by atoms with E-state index >= 15 is 0 Å². The van der Waals surface area contributed by atoms with Crippen molar-refractivity contribution in [2.24, 2.45) is 0 Å². The van der Waals surface area contributed by atoms with Gasteiger partial charge in [0, 0.05) is 18.9 Å². The number of carboxylic acid groups (broad SMARTS) is 1. The van der Waals surface area contributed by atoms with Crippen molar-refractivity contribution >= 4 is 17.7 Å². The van der Waals surface area contributed by atoms with Crippen LogP contribution in [0, 0.1) is 0 Å². The fraction of sp³-hybridized carbons (Fsp3) is 0.875. The van der Waals surface area contributed by atoms with E-state index in [1.54, 1.807) is 0 Å². The minimum absolute atomic E-state index is 0.233. The van der Waals surface area contributed by atoms with Crippen molar-refractivity contribution in [2.75, 3.05) is 25.2 Å². The van der Waals surface area contributed by atoms with E-state index in [1.165, 1.54) is 7.11 Å². The summed E-state index contributed by atoms with van der Waals surface area (Å²) in [4.78, 5) is 10.7. The highest BCUT2D eigenvalue weighted by molar-refractivity contribution is 7.99. The van der Waals surface area contributed by atoms with Crippen LogP contribution >= 0.6 is 11.8 Å². The standard InChI is InChI=1S/C8H15NO3S/c1-12-4-7(8(10)11)9-6-2-3-13-5-6/h6-7,9H,2-5H2,1H3,(H,10,11). The Morgan fingerprint density at radius 2 is 2.62 bits per heavy atom. The lowest BCUT2D eigenvalue weighted by atomic mass is 10.2. The second-order valence-corrected chi connectivity index (χ2v) is 4.22. The van der Waals surface area contributed by atoms with E-state index in [0.717, 1.165) is 17.9 Å². The molecular weight excluding hydrogens is 190 g/mol. The van der Waals surface area contributed by atoms with Gasteiger partial charge in [-0.3, -0.25) is 10.1 Å². The van der Waals surface area contributed by atoms with Gasteiger partial charge in [0.25, 0.3) is 0 Å². The molecule has 0 aromatic heterocycles. The third kappa shape index (κ3) is 3.54. The largest absolute Gasteiger partial charge is 0.480 e. The van der Waals surface area contributed by atoms with Gasteiger partial charge in [-0.05, 0) is 12.2 Å². The van der Waals surface area contributed by atoms with Gasteiger partial charge in [-0.15, -0.1) is 0 Å². The van der Waals surface area contributed by atoms with Gasteiger partial charge in [0.1, 0.15) is 6.04 Å². The van der Waals surface area contributed by atoms with E-state index in [0.29, 0.717) is 6.04 Å². The average Bonchev–Trinajstić information content (AvgIpc) is 2.56. The van der Waals surface area contributed by atoms with Crippen molar-refractivity contribution in [2.45, 2.75) is 18.5 Å². The number of hydrogen-bond donors (Lipinski definition) is 2. The quantitative estimate of drug-likeness (QED) is 0.670. The topological polar surface area (TPSA) is 58.6 Å². The lowest BCUT2D eigenvalue weighted by Gasteiger charge is -2.17. The molecule has 0 aromatic rings. The molecule has 4 nitrogen and oxygen atoms in total. The number of nitrogens with one attached hydrogen (secondary N) is 1. The summed E-state index contributed by atoms with van der Waals surface area (Å²) in [5.41, 5.74) is 0. The molecule has 76 valence electrons. The predicted molar refractivity (Wildman–Crippen MR) is 52.2 cm³/mol. The molecule has 1 aliphatic rings. The first-order valence-electron chi connectivity index (χ1n) is 4.29. The molecule has 0 saturated carbocycles. The molecule has 0 aliphatic carbocycles. The van der Waals surface area contributed by atoms with Gasteiger partial charge in [0.05, 0.1) is 6.61 Å². The molecule has 1 rings (SSSR count). The van der Waals surface area contributed by atoms with Crippen molar-refractivity contribution < 1.29 is 14.6 Å². The SMILES string of the molecule is COCC(NC1CCSC1)C(=O)O. The molecule has 1 fully saturated rings. The fourth-order valence-electron chi connectivity index (χ4n) is 1.31.